The number of ether oxygens (including phenoxy) is 1. The van der Waals surface area contributed by atoms with Gasteiger partial charge in [-0.25, -0.2) is 0 Å². The first-order valence-corrected chi connectivity index (χ1v) is 7.93. The quantitative estimate of drug-likeness (QED) is 0.766. The first-order valence-electron chi connectivity index (χ1n) is 7.39. The van der Waals surface area contributed by atoms with Crippen molar-refractivity contribution in [1.82, 2.24) is 5.32 Å². The lowest BCUT2D eigenvalue weighted by atomic mass is 10.0. The molecule has 0 aromatic heterocycles. The smallest absolute Gasteiger partial charge is 0.235 e. The number of carbonyl (C=O) groups is 1. The van der Waals surface area contributed by atoms with Crippen LogP contribution in [-0.4, -0.2) is 29.5 Å². The summed E-state index contributed by atoms with van der Waals surface area (Å²) in [5, 5.41) is 13.1. The lowest BCUT2D eigenvalue weighted by molar-refractivity contribution is -0.119. The fourth-order valence-corrected chi connectivity index (χ4v) is 2.30. The van der Waals surface area contributed by atoms with Crippen LogP contribution in [0.5, 0.6) is 5.75 Å². The molecule has 2 aromatic rings. The number of amides is 1. The number of hydrogen-bond acceptors (Lipinski definition) is 3. The van der Waals surface area contributed by atoms with Crippen molar-refractivity contribution in [1.29, 1.82) is 0 Å². The van der Waals surface area contributed by atoms with E-state index < -0.39 is 12.2 Å². The molecule has 0 saturated carbocycles. The van der Waals surface area contributed by atoms with Gasteiger partial charge in [-0.3, -0.25) is 4.79 Å². The van der Waals surface area contributed by atoms with Crippen LogP contribution >= 0.6 is 11.6 Å². The molecule has 0 heterocycles. The van der Waals surface area contributed by atoms with Crippen LogP contribution in [0.25, 0.3) is 0 Å². The van der Waals surface area contributed by atoms with Crippen LogP contribution in [0.3, 0.4) is 0 Å². The summed E-state index contributed by atoms with van der Waals surface area (Å²) in [6.07, 6.45) is -1.49. The Balaban J connectivity index is 2.18. The van der Waals surface area contributed by atoms with E-state index in [2.05, 4.69) is 5.32 Å². The summed E-state index contributed by atoms with van der Waals surface area (Å²) in [7, 11) is 0. The Labute approximate surface area is 141 Å². The molecule has 0 aliphatic carbocycles. The summed E-state index contributed by atoms with van der Waals surface area (Å²) < 4.78 is 6.02. The number of nitrogens with one attached hydrogen (secondary N) is 1. The van der Waals surface area contributed by atoms with Crippen LogP contribution in [0, 0.1) is 6.92 Å². The van der Waals surface area contributed by atoms with Gasteiger partial charge in [0.1, 0.15) is 17.7 Å². The van der Waals surface area contributed by atoms with Crippen LogP contribution in [0.4, 0.5) is 0 Å². The van der Waals surface area contributed by atoms with Crippen molar-refractivity contribution in [3.8, 4) is 5.75 Å². The van der Waals surface area contributed by atoms with E-state index in [0.717, 1.165) is 11.1 Å². The van der Waals surface area contributed by atoms with Crippen LogP contribution in [0.15, 0.2) is 54.6 Å². The number of aliphatic hydroxyl groups excluding tert-OH is 1. The predicted octanol–water partition coefficient (Wildman–Crippen LogP) is 2.83. The number of aryl methyl sites for hydroxylation is 1. The molecule has 122 valence electrons. The molecular formula is C18H20ClNO3. The largest absolute Gasteiger partial charge is 0.483 e. The summed E-state index contributed by atoms with van der Waals surface area (Å²) >= 11 is 5.46. The first kappa shape index (κ1) is 17.3. The van der Waals surface area contributed by atoms with Gasteiger partial charge in [-0.1, -0.05) is 48.5 Å². The number of benzene rings is 2. The number of para-hydroxylation sites is 1. The van der Waals surface area contributed by atoms with Gasteiger partial charge < -0.3 is 15.2 Å². The zero-order valence-corrected chi connectivity index (χ0v) is 13.7. The molecule has 5 heteroatoms. The van der Waals surface area contributed by atoms with Gasteiger partial charge >= 0.3 is 0 Å². The molecular weight excluding hydrogens is 314 g/mol. The van der Waals surface area contributed by atoms with E-state index in [-0.39, 0.29) is 18.3 Å². The summed E-state index contributed by atoms with van der Waals surface area (Å²) in [4.78, 5) is 11.3. The van der Waals surface area contributed by atoms with Gasteiger partial charge in [-0.2, -0.15) is 0 Å². The first-order chi connectivity index (χ1) is 11.1. The predicted molar refractivity (Wildman–Crippen MR) is 90.7 cm³/mol. The highest BCUT2D eigenvalue weighted by Crippen LogP contribution is 2.27. The third-order valence-corrected chi connectivity index (χ3v) is 3.70. The van der Waals surface area contributed by atoms with Gasteiger partial charge in [0.25, 0.3) is 0 Å². The second-order valence-corrected chi connectivity index (χ2v) is 5.49. The molecule has 0 aliphatic heterocycles. The standard InChI is InChI=1S/C18H20ClNO3/c1-13-7-5-6-10-16(13)23-18(14-8-3-2-4-9-14)15(21)12-20-17(22)11-19/h2-10,15,18,21H,11-12H2,1H3,(H,20,22). The monoisotopic (exact) mass is 333 g/mol. The normalized spacial score (nSPS) is 13.2. The minimum absolute atomic E-state index is 0.0665. The van der Waals surface area contributed by atoms with E-state index in [4.69, 9.17) is 16.3 Å². The average molecular weight is 334 g/mol. The van der Waals surface area contributed by atoms with Crippen molar-refractivity contribution >= 4 is 17.5 Å². The zero-order chi connectivity index (χ0) is 16.7. The van der Waals surface area contributed by atoms with Crippen LogP contribution in [0.2, 0.25) is 0 Å². The second-order valence-electron chi connectivity index (χ2n) is 5.22. The third-order valence-electron chi connectivity index (χ3n) is 3.45. The Morgan fingerprint density at radius 2 is 1.83 bits per heavy atom. The van der Waals surface area contributed by atoms with E-state index in [9.17, 15) is 9.90 Å². The van der Waals surface area contributed by atoms with E-state index in [1.54, 1.807) is 0 Å². The second kappa shape index (κ2) is 8.56. The molecule has 2 unspecified atom stereocenters. The molecule has 0 fully saturated rings. The number of hydrogen-bond donors (Lipinski definition) is 2. The van der Waals surface area contributed by atoms with E-state index >= 15 is 0 Å². The lowest BCUT2D eigenvalue weighted by Crippen LogP contribution is -2.37. The number of halogens is 1. The maximum absolute atomic E-state index is 11.3. The SMILES string of the molecule is Cc1ccccc1OC(c1ccccc1)C(O)CNC(=O)CCl. The summed E-state index contributed by atoms with van der Waals surface area (Å²) in [5.41, 5.74) is 1.81. The highest BCUT2D eigenvalue weighted by molar-refractivity contribution is 6.27. The molecule has 0 radical (unpaired) electrons. The van der Waals surface area contributed by atoms with Gasteiger partial charge in [0.05, 0.1) is 0 Å². The number of aliphatic hydroxyl groups is 1. The molecule has 0 saturated heterocycles. The molecule has 0 spiro atoms. The fourth-order valence-electron chi connectivity index (χ4n) is 2.21. The third kappa shape index (κ3) is 4.98. The molecule has 2 atom stereocenters. The maximum atomic E-state index is 11.3. The lowest BCUT2D eigenvalue weighted by Gasteiger charge is -2.25. The van der Waals surface area contributed by atoms with Crippen LogP contribution in [0.1, 0.15) is 17.2 Å². The van der Waals surface area contributed by atoms with Crippen molar-refractivity contribution in [2.75, 3.05) is 12.4 Å². The molecule has 0 bridgehead atoms. The number of carbonyl (C=O) groups excluding carboxylic acids is 1. The van der Waals surface area contributed by atoms with Gasteiger partial charge in [0.15, 0.2) is 6.10 Å². The van der Waals surface area contributed by atoms with Gasteiger partial charge in [0.2, 0.25) is 5.91 Å². The summed E-state index contributed by atoms with van der Waals surface area (Å²) in [6, 6.07) is 17.0. The number of alkyl halides is 1. The van der Waals surface area contributed by atoms with Crippen LogP contribution in [-0.2, 0) is 4.79 Å². The van der Waals surface area contributed by atoms with Crippen molar-refractivity contribution in [2.45, 2.75) is 19.1 Å². The Kier molecular flexibility index (Phi) is 6.44. The summed E-state index contributed by atoms with van der Waals surface area (Å²) in [5.74, 6) is 0.235. The average Bonchev–Trinajstić information content (AvgIpc) is 2.59. The Morgan fingerprint density at radius 3 is 2.48 bits per heavy atom. The topological polar surface area (TPSA) is 58.6 Å². The fraction of sp³-hybridized carbons (Fsp3) is 0.278. The zero-order valence-electron chi connectivity index (χ0n) is 12.9. The molecule has 0 aliphatic rings. The van der Waals surface area contributed by atoms with E-state index in [0.29, 0.717) is 5.75 Å². The van der Waals surface area contributed by atoms with Crippen molar-refractivity contribution in [3.63, 3.8) is 0 Å². The van der Waals surface area contributed by atoms with Crippen molar-refractivity contribution < 1.29 is 14.6 Å². The van der Waals surface area contributed by atoms with E-state index in [1.807, 2.05) is 61.5 Å². The van der Waals surface area contributed by atoms with Crippen LogP contribution < -0.4 is 10.1 Å². The summed E-state index contributed by atoms with van der Waals surface area (Å²) in [6.45, 7) is 2.01. The van der Waals surface area contributed by atoms with E-state index in [1.165, 1.54) is 0 Å². The van der Waals surface area contributed by atoms with Crippen molar-refractivity contribution in [2.24, 2.45) is 0 Å². The highest BCUT2D eigenvalue weighted by Gasteiger charge is 2.24. The molecule has 2 aromatic carbocycles. The minimum atomic E-state index is -0.899. The maximum Gasteiger partial charge on any atom is 0.235 e. The molecule has 2 N–H and O–H groups in total. The number of rotatable bonds is 7. The molecule has 23 heavy (non-hydrogen) atoms. The van der Waals surface area contributed by atoms with Gasteiger partial charge in [-0.15, -0.1) is 11.6 Å². The minimum Gasteiger partial charge on any atom is -0.483 e. The Bertz CT molecular complexity index is 633. The molecule has 4 nitrogen and oxygen atoms in total. The Morgan fingerprint density at radius 1 is 1.17 bits per heavy atom. The van der Waals surface area contributed by atoms with Crippen molar-refractivity contribution in [3.05, 3.63) is 65.7 Å². The van der Waals surface area contributed by atoms with Gasteiger partial charge in [-0.05, 0) is 24.1 Å². The molecule has 2 rings (SSSR count). The Hall–Kier alpha value is -2.04. The molecule has 1 amide bonds. The highest BCUT2D eigenvalue weighted by atomic mass is 35.5. The van der Waals surface area contributed by atoms with Gasteiger partial charge in [0, 0.05) is 6.54 Å².